The third-order valence-corrected chi connectivity index (χ3v) is 7.00. The Morgan fingerprint density at radius 3 is 2.13 bits per heavy atom. The smallest absolute Gasteiger partial charge is 0.264 e. The van der Waals surface area contributed by atoms with E-state index in [1.165, 1.54) is 12.1 Å². The van der Waals surface area contributed by atoms with Crippen LogP contribution < -0.4 is 9.62 Å². The number of amides is 1. The molecule has 0 radical (unpaired) electrons. The molecule has 3 aromatic rings. The number of nitrogens with one attached hydrogen (secondary N) is 1. The van der Waals surface area contributed by atoms with Gasteiger partial charge < -0.3 is 5.32 Å². The average molecular weight is 437 g/mol. The van der Waals surface area contributed by atoms with Gasteiger partial charge in [-0.1, -0.05) is 59.7 Å². The summed E-state index contributed by atoms with van der Waals surface area (Å²) >= 11 is 0. The minimum atomic E-state index is -3.90. The van der Waals surface area contributed by atoms with Gasteiger partial charge in [0.05, 0.1) is 16.6 Å². The summed E-state index contributed by atoms with van der Waals surface area (Å²) in [5.74, 6) is -0.368. The largest absolute Gasteiger partial charge is 0.348 e. The molecule has 0 aliphatic rings. The van der Waals surface area contributed by atoms with Gasteiger partial charge in [0.2, 0.25) is 5.91 Å². The van der Waals surface area contributed by atoms with Gasteiger partial charge in [-0.3, -0.25) is 9.10 Å². The Morgan fingerprint density at radius 2 is 1.52 bits per heavy atom. The van der Waals surface area contributed by atoms with Gasteiger partial charge >= 0.3 is 0 Å². The minimum absolute atomic E-state index is 0.144. The first-order valence-electron chi connectivity index (χ1n) is 10.2. The molecule has 5 nitrogen and oxygen atoms in total. The first-order valence-corrected chi connectivity index (χ1v) is 11.6. The molecule has 162 valence electrons. The number of aryl methyl sites for hydroxylation is 3. The van der Waals surface area contributed by atoms with Gasteiger partial charge in [-0.25, -0.2) is 8.42 Å². The lowest BCUT2D eigenvalue weighted by Gasteiger charge is -2.25. The van der Waals surface area contributed by atoms with E-state index in [1.807, 2.05) is 52.0 Å². The summed E-state index contributed by atoms with van der Waals surface area (Å²) in [5, 5.41) is 2.95. The Morgan fingerprint density at radius 1 is 0.903 bits per heavy atom. The van der Waals surface area contributed by atoms with E-state index in [2.05, 4.69) is 11.4 Å². The van der Waals surface area contributed by atoms with Crippen LogP contribution in [0.25, 0.3) is 0 Å². The van der Waals surface area contributed by atoms with Crippen molar-refractivity contribution in [2.45, 2.75) is 38.6 Å². The predicted molar refractivity (Wildman–Crippen MR) is 125 cm³/mol. The van der Waals surface area contributed by atoms with Crippen LogP contribution in [0.5, 0.6) is 0 Å². The first-order chi connectivity index (χ1) is 14.7. The van der Waals surface area contributed by atoms with Crippen LogP contribution in [-0.2, 0) is 14.8 Å². The second kappa shape index (κ2) is 9.35. The number of nitrogens with zero attached hydrogens (tertiary/aromatic N) is 1. The van der Waals surface area contributed by atoms with Crippen LogP contribution in [0.3, 0.4) is 0 Å². The molecule has 6 heteroatoms. The fourth-order valence-corrected chi connectivity index (χ4v) is 4.99. The zero-order valence-electron chi connectivity index (χ0n) is 18.3. The number of benzene rings is 3. The lowest BCUT2D eigenvalue weighted by molar-refractivity contribution is -0.120. The molecule has 0 aliphatic carbocycles. The van der Waals surface area contributed by atoms with Gasteiger partial charge in [-0.15, -0.1) is 0 Å². The maximum Gasteiger partial charge on any atom is 0.264 e. The van der Waals surface area contributed by atoms with Crippen molar-refractivity contribution in [1.82, 2.24) is 5.32 Å². The zero-order chi connectivity index (χ0) is 22.6. The maximum absolute atomic E-state index is 13.3. The van der Waals surface area contributed by atoms with Crippen molar-refractivity contribution in [2.75, 3.05) is 10.8 Å². The topological polar surface area (TPSA) is 66.5 Å². The van der Waals surface area contributed by atoms with E-state index in [0.29, 0.717) is 5.69 Å². The number of anilines is 1. The van der Waals surface area contributed by atoms with E-state index < -0.39 is 10.0 Å². The first kappa shape index (κ1) is 22.6. The lowest BCUT2D eigenvalue weighted by Crippen LogP contribution is -2.41. The van der Waals surface area contributed by atoms with Gasteiger partial charge in [-0.2, -0.15) is 0 Å². The van der Waals surface area contributed by atoms with Crippen molar-refractivity contribution in [3.63, 3.8) is 0 Å². The monoisotopic (exact) mass is 436 g/mol. The molecular weight excluding hydrogens is 408 g/mol. The van der Waals surface area contributed by atoms with Gasteiger partial charge in [-0.05, 0) is 63.1 Å². The highest BCUT2D eigenvalue weighted by Crippen LogP contribution is 2.24. The molecule has 0 saturated heterocycles. The van der Waals surface area contributed by atoms with Crippen molar-refractivity contribution in [3.8, 4) is 0 Å². The zero-order valence-corrected chi connectivity index (χ0v) is 19.1. The molecule has 0 aliphatic heterocycles. The molecule has 0 saturated carbocycles. The Labute approximate surface area is 184 Å². The molecule has 1 atom stereocenters. The highest BCUT2D eigenvalue weighted by molar-refractivity contribution is 7.92. The molecule has 0 unspecified atom stereocenters. The van der Waals surface area contributed by atoms with Crippen molar-refractivity contribution in [1.29, 1.82) is 0 Å². The van der Waals surface area contributed by atoms with Crippen LogP contribution in [0.4, 0.5) is 5.69 Å². The molecule has 0 heterocycles. The number of rotatable bonds is 7. The number of hydrogen-bond donors (Lipinski definition) is 1. The summed E-state index contributed by atoms with van der Waals surface area (Å²) in [7, 11) is -3.90. The van der Waals surface area contributed by atoms with E-state index in [0.717, 1.165) is 26.6 Å². The van der Waals surface area contributed by atoms with Crippen molar-refractivity contribution in [2.24, 2.45) is 0 Å². The fraction of sp³-hybridized carbons (Fsp3) is 0.240. The summed E-state index contributed by atoms with van der Waals surface area (Å²) < 4.78 is 27.9. The molecule has 1 amide bonds. The molecule has 31 heavy (non-hydrogen) atoms. The Balaban J connectivity index is 1.88. The highest BCUT2D eigenvalue weighted by atomic mass is 32.2. The van der Waals surface area contributed by atoms with E-state index in [9.17, 15) is 13.2 Å². The van der Waals surface area contributed by atoms with Gasteiger partial charge in [0, 0.05) is 0 Å². The van der Waals surface area contributed by atoms with Crippen molar-refractivity contribution < 1.29 is 13.2 Å². The third-order valence-electron chi connectivity index (χ3n) is 5.21. The Kier molecular flexibility index (Phi) is 6.81. The second-order valence-electron chi connectivity index (χ2n) is 7.81. The molecule has 3 aromatic carbocycles. The fourth-order valence-electron chi connectivity index (χ4n) is 3.55. The lowest BCUT2D eigenvalue weighted by atomic mass is 10.0. The average Bonchev–Trinajstić information content (AvgIpc) is 2.73. The molecule has 1 N–H and O–H groups in total. The Bertz CT molecular complexity index is 1160. The van der Waals surface area contributed by atoms with Gasteiger partial charge in [0.25, 0.3) is 10.0 Å². The molecule has 0 aromatic heterocycles. The SMILES string of the molecule is Cc1ccc(N(CC(=O)N[C@@H](C)c2ccc(C)cc2C)S(=O)(=O)c2ccccc2)cc1. The number of carbonyl (C=O) groups excluding carboxylic acids is 1. The van der Waals surface area contributed by atoms with Crippen LogP contribution in [0.15, 0.2) is 77.7 Å². The maximum atomic E-state index is 13.3. The summed E-state index contributed by atoms with van der Waals surface area (Å²) in [4.78, 5) is 13.1. The molecule has 0 fully saturated rings. The molecule has 0 spiro atoms. The van der Waals surface area contributed by atoms with E-state index in [-0.39, 0.29) is 23.4 Å². The second-order valence-corrected chi connectivity index (χ2v) is 9.67. The number of carbonyl (C=O) groups is 1. The van der Waals surface area contributed by atoms with E-state index in [4.69, 9.17) is 0 Å². The van der Waals surface area contributed by atoms with Crippen molar-refractivity contribution >= 4 is 21.6 Å². The normalized spacial score (nSPS) is 12.3. The molecule has 0 bridgehead atoms. The van der Waals surface area contributed by atoms with Crippen LogP contribution in [0, 0.1) is 20.8 Å². The molecular formula is C25H28N2O3S. The summed E-state index contributed by atoms with van der Waals surface area (Å²) in [6, 6.07) is 21.1. The van der Waals surface area contributed by atoms with Crippen LogP contribution in [-0.4, -0.2) is 20.9 Å². The quantitative estimate of drug-likeness (QED) is 0.585. The van der Waals surface area contributed by atoms with Crippen molar-refractivity contribution in [3.05, 3.63) is 95.1 Å². The van der Waals surface area contributed by atoms with E-state index >= 15 is 0 Å². The van der Waals surface area contributed by atoms with Gasteiger partial charge in [0.15, 0.2) is 0 Å². The molecule has 3 rings (SSSR count). The standard InChI is InChI=1S/C25H28N2O3S/c1-18-10-13-22(14-11-18)27(31(29,30)23-8-6-5-7-9-23)17-25(28)26-21(4)24-15-12-19(2)16-20(24)3/h5-16,21H,17H2,1-4H3,(H,26,28)/t21-/m0/s1. The third kappa shape index (κ3) is 5.33. The highest BCUT2D eigenvalue weighted by Gasteiger charge is 2.27. The predicted octanol–water partition coefficient (Wildman–Crippen LogP) is 4.68. The summed E-state index contributed by atoms with van der Waals surface area (Å²) in [6.07, 6.45) is 0. The van der Waals surface area contributed by atoms with Crippen LogP contribution in [0.1, 0.15) is 35.2 Å². The Hall–Kier alpha value is -3.12. The van der Waals surface area contributed by atoms with Crippen LogP contribution >= 0.6 is 0 Å². The summed E-state index contributed by atoms with van der Waals surface area (Å²) in [5.41, 5.74) is 4.70. The van der Waals surface area contributed by atoms with Gasteiger partial charge in [0.1, 0.15) is 6.54 Å². The van der Waals surface area contributed by atoms with E-state index in [1.54, 1.807) is 30.3 Å². The van der Waals surface area contributed by atoms with Crippen LogP contribution in [0.2, 0.25) is 0 Å². The minimum Gasteiger partial charge on any atom is -0.348 e. The number of hydrogen-bond acceptors (Lipinski definition) is 3. The number of sulfonamides is 1. The summed E-state index contributed by atoms with van der Waals surface area (Å²) in [6.45, 7) is 7.54.